The highest BCUT2D eigenvalue weighted by molar-refractivity contribution is 5.84. The second-order valence-corrected chi connectivity index (χ2v) is 7.48. The van der Waals surface area contributed by atoms with E-state index in [-0.39, 0.29) is 0 Å². The lowest BCUT2D eigenvalue weighted by atomic mass is 9.98. The molecule has 32 heavy (non-hydrogen) atoms. The summed E-state index contributed by atoms with van der Waals surface area (Å²) in [5, 5.41) is 6.16. The topological polar surface area (TPSA) is 120 Å². The van der Waals surface area contributed by atoms with Crippen molar-refractivity contribution in [2.24, 2.45) is 5.92 Å². The average molecular weight is 441 g/mol. The number of nitrogens with zero attached hydrogens (tertiary/aromatic N) is 2. The molecule has 1 aromatic carbocycles. The highest BCUT2D eigenvalue weighted by Gasteiger charge is 2.18. The molecule has 0 bridgehead atoms. The van der Waals surface area contributed by atoms with Crippen LogP contribution >= 0.6 is 0 Å². The Morgan fingerprint density at radius 1 is 1.09 bits per heavy atom. The molecule has 2 aromatic heterocycles. The number of hydrogen-bond donors (Lipinski definition) is 3. The first-order valence-corrected chi connectivity index (χ1v) is 10.4. The Balaban J connectivity index is 1.56. The largest absolute Gasteiger partial charge is 0.493 e. The Hall–Kier alpha value is -3.53. The molecule has 0 radical (unpaired) electrons. The maximum atomic E-state index is 12.3. The Kier molecular flexibility index (Phi) is 6.60. The highest BCUT2D eigenvalue weighted by Crippen LogP contribution is 2.41. The van der Waals surface area contributed by atoms with Crippen LogP contribution in [0.3, 0.4) is 0 Å². The van der Waals surface area contributed by atoms with Gasteiger partial charge in [-0.1, -0.05) is 0 Å². The Labute approximate surface area is 185 Å². The summed E-state index contributed by atoms with van der Waals surface area (Å²) in [7, 11) is 4.65. The molecule has 4 rings (SSSR count). The van der Waals surface area contributed by atoms with E-state index >= 15 is 0 Å². The smallest absolute Gasteiger partial charge is 0.412 e. The monoisotopic (exact) mass is 441 g/mol. The zero-order valence-electron chi connectivity index (χ0n) is 18.4. The fraction of sp³-hybridized carbons (Fsp3) is 0.409. The molecular formula is C22H27N5O5. The normalized spacial score (nSPS) is 14.2. The Bertz CT molecular complexity index is 1070. The number of H-pyrrole nitrogens is 1. The fourth-order valence-electron chi connectivity index (χ4n) is 3.76. The second kappa shape index (κ2) is 9.73. The third-order valence-electron chi connectivity index (χ3n) is 5.50. The average Bonchev–Trinajstić information content (AvgIpc) is 3.24. The molecule has 0 atom stereocenters. The van der Waals surface area contributed by atoms with Crippen LogP contribution in [0.15, 0.2) is 24.5 Å². The molecule has 10 heteroatoms. The molecule has 1 saturated heterocycles. The Morgan fingerprint density at radius 3 is 2.47 bits per heavy atom. The summed E-state index contributed by atoms with van der Waals surface area (Å²) in [4.78, 5) is 24.4. The minimum atomic E-state index is -0.510. The van der Waals surface area contributed by atoms with Gasteiger partial charge in [0, 0.05) is 18.3 Å². The molecule has 1 amide bonds. The van der Waals surface area contributed by atoms with Gasteiger partial charge in [-0.3, -0.25) is 0 Å². The number of fused-ring (bicyclic) bond motifs is 1. The number of aromatic amines is 1. The number of hydrogen-bond acceptors (Lipinski definition) is 8. The van der Waals surface area contributed by atoms with Gasteiger partial charge in [-0.05, 0) is 44.0 Å². The molecule has 1 aliphatic rings. The van der Waals surface area contributed by atoms with Gasteiger partial charge in [-0.25, -0.2) is 14.8 Å². The van der Waals surface area contributed by atoms with Crippen LogP contribution in [0.4, 0.5) is 4.79 Å². The minimum absolute atomic E-state index is 0.310. The van der Waals surface area contributed by atoms with E-state index in [2.05, 4.69) is 25.6 Å². The van der Waals surface area contributed by atoms with Crippen LogP contribution in [0.2, 0.25) is 0 Å². The Morgan fingerprint density at radius 2 is 1.81 bits per heavy atom. The SMILES string of the molecule is COc1cc(-c2cnc3[nH]cc(OC(=O)NCC4CCNCC4)c3n2)cc(OC)c1OC. The number of carbonyl (C=O) groups excluding carboxylic acids is 1. The predicted molar refractivity (Wildman–Crippen MR) is 119 cm³/mol. The van der Waals surface area contributed by atoms with Crippen molar-refractivity contribution in [3.05, 3.63) is 24.5 Å². The number of carbonyl (C=O) groups is 1. The highest BCUT2D eigenvalue weighted by atomic mass is 16.6. The van der Waals surface area contributed by atoms with E-state index in [4.69, 9.17) is 18.9 Å². The zero-order chi connectivity index (χ0) is 22.5. The van der Waals surface area contributed by atoms with Gasteiger partial charge in [-0.15, -0.1) is 0 Å². The number of nitrogens with one attached hydrogen (secondary N) is 3. The van der Waals surface area contributed by atoms with Crippen LogP contribution in [0.5, 0.6) is 23.0 Å². The van der Waals surface area contributed by atoms with Crippen LogP contribution in [0.25, 0.3) is 22.4 Å². The van der Waals surface area contributed by atoms with E-state index in [9.17, 15) is 4.79 Å². The van der Waals surface area contributed by atoms with Gasteiger partial charge >= 0.3 is 6.09 Å². The van der Waals surface area contributed by atoms with Crippen molar-refractivity contribution in [3.63, 3.8) is 0 Å². The lowest BCUT2D eigenvalue weighted by Crippen LogP contribution is -2.37. The molecule has 3 aromatic rings. The number of rotatable bonds is 7. The first-order valence-electron chi connectivity index (χ1n) is 10.4. The number of amides is 1. The van der Waals surface area contributed by atoms with Crippen LogP contribution in [0.1, 0.15) is 12.8 Å². The molecule has 170 valence electrons. The summed E-state index contributed by atoms with van der Waals surface area (Å²) in [6.45, 7) is 2.54. The van der Waals surface area contributed by atoms with Gasteiger partial charge in [0.05, 0.1) is 33.2 Å². The van der Waals surface area contributed by atoms with E-state index < -0.39 is 6.09 Å². The fourth-order valence-corrected chi connectivity index (χ4v) is 3.76. The summed E-state index contributed by atoms with van der Waals surface area (Å²) in [6.07, 6.45) is 4.77. The molecule has 0 unspecified atom stereocenters. The molecule has 0 aliphatic carbocycles. The number of aromatic nitrogens is 3. The summed E-state index contributed by atoms with van der Waals surface area (Å²) < 4.78 is 21.7. The van der Waals surface area contributed by atoms with Gasteiger partial charge in [0.15, 0.2) is 28.4 Å². The number of ether oxygens (including phenoxy) is 4. The first kappa shape index (κ1) is 21.7. The molecule has 10 nitrogen and oxygen atoms in total. The molecule has 1 fully saturated rings. The van der Waals surface area contributed by atoms with Crippen molar-refractivity contribution in [1.82, 2.24) is 25.6 Å². The lowest BCUT2D eigenvalue weighted by Gasteiger charge is -2.22. The molecule has 3 N–H and O–H groups in total. The number of benzene rings is 1. The zero-order valence-corrected chi connectivity index (χ0v) is 18.4. The molecule has 0 spiro atoms. The van der Waals surface area contributed by atoms with Crippen LogP contribution in [0, 0.1) is 5.92 Å². The first-order chi connectivity index (χ1) is 15.6. The van der Waals surface area contributed by atoms with E-state index in [1.165, 1.54) is 0 Å². The second-order valence-electron chi connectivity index (χ2n) is 7.48. The van der Waals surface area contributed by atoms with Crippen molar-refractivity contribution < 1.29 is 23.7 Å². The third-order valence-corrected chi connectivity index (χ3v) is 5.50. The minimum Gasteiger partial charge on any atom is -0.493 e. The maximum Gasteiger partial charge on any atom is 0.412 e. The maximum absolute atomic E-state index is 12.3. The molecule has 3 heterocycles. The summed E-state index contributed by atoms with van der Waals surface area (Å²) in [5.74, 6) is 2.27. The van der Waals surface area contributed by atoms with E-state index in [0.29, 0.717) is 52.3 Å². The molecule has 0 saturated carbocycles. The van der Waals surface area contributed by atoms with E-state index in [0.717, 1.165) is 31.5 Å². The van der Waals surface area contributed by atoms with Gasteiger partial charge < -0.3 is 34.6 Å². The standard InChI is InChI=1S/C22H27N5O5/c1-29-16-8-14(9-17(30-2)20(16)31-3)15-11-24-21-19(27-15)18(12-25-21)32-22(28)26-10-13-4-6-23-7-5-13/h8-9,11-13,23H,4-7,10H2,1-3H3,(H,24,25)(H,26,28). The summed E-state index contributed by atoms with van der Waals surface area (Å²) in [6, 6.07) is 3.58. The van der Waals surface area contributed by atoms with Crippen LogP contribution < -0.4 is 29.6 Å². The van der Waals surface area contributed by atoms with E-state index in [1.807, 2.05) is 0 Å². The lowest BCUT2D eigenvalue weighted by molar-refractivity contribution is 0.197. The predicted octanol–water partition coefficient (Wildman–Crippen LogP) is 2.74. The van der Waals surface area contributed by atoms with Crippen molar-refractivity contribution in [1.29, 1.82) is 0 Å². The van der Waals surface area contributed by atoms with Crippen molar-refractivity contribution >= 4 is 17.3 Å². The molecular weight excluding hydrogens is 414 g/mol. The summed E-state index contributed by atoms with van der Waals surface area (Å²) in [5.41, 5.74) is 2.25. The van der Waals surface area contributed by atoms with Crippen molar-refractivity contribution in [2.75, 3.05) is 41.0 Å². The van der Waals surface area contributed by atoms with E-state index in [1.54, 1.807) is 45.9 Å². The van der Waals surface area contributed by atoms with Gasteiger partial charge in [0.2, 0.25) is 5.75 Å². The summed E-state index contributed by atoms with van der Waals surface area (Å²) >= 11 is 0. The van der Waals surface area contributed by atoms with Crippen LogP contribution in [-0.2, 0) is 0 Å². The van der Waals surface area contributed by atoms with Crippen LogP contribution in [-0.4, -0.2) is 62.0 Å². The van der Waals surface area contributed by atoms with Gasteiger partial charge in [0.1, 0.15) is 0 Å². The number of piperidine rings is 1. The van der Waals surface area contributed by atoms with Crippen molar-refractivity contribution in [2.45, 2.75) is 12.8 Å². The van der Waals surface area contributed by atoms with Gasteiger partial charge in [0.25, 0.3) is 0 Å². The number of methoxy groups -OCH3 is 3. The van der Waals surface area contributed by atoms with Gasteiger partial charge in [-0.2, -0.15) is 0 Å². The van der Waals surface area contributed by atoms with Crippen molar-refractivity contribution in [3.8, 4) is 34.3 Å². The quantitative estimate of drug-likeness (QED) is 0.512. The third kappa shape index (κ3) is 4.54. The molecule has 1 aliphatic heterocycles.